The van der Waals surface area contributed by atoms with Gasteiger partial charge in [0.05, 0.1) is 17.1 Å². The van der Waals surface area contributed by atoms with Crippen molar-refractivity contribution in [3.63, 3.8) is 0 Å². The molecule has 1 unspecified atom stereocenters. The topological polar surface area (TPSA) is 47.3 Å². The van der Waals surface area contributed by atoms with Crippen LogP contribution in [0.3, 0.4) is 0 Å². The zero-order valence-corrected chi connectivity index (χ0v) is 13.4. The highest BCUT2D eigenvalue weighted by Crippen LogP contribution is 2.30. The summed E-state index contributed by atoms with van der Waals surface area (Å²) in [5.74, 6) is 6.15. The normalized spacial score (nSPS) is 12.2. The quantitative estimate of drug-likeness (QED) is 0.611. The lowest BCUT2D eigenvalue weighted by Gasteiger charge is -2.19. The third kappa shape index (κ3) is 3.81. The minimum atomic E-state index is -0.310. The molecule has 0 aliphatic carbocycles. The Balaban J connectivity index is 2.27. The number of ether oxygens (including phenoxy) is 1. The molecule has 0 aromatic heterocycles. The molecule has 0 spiro atoms. The fraction of sp³-hybridized carbons (Fsp3) is 0.250. The van der Waals surface area contributed by atoms with Crippen molar-refractivity contribution in [2.75, 3.05) is 6.61 Å². The van der Waals surface area contributed by atoms with Crippen LogP contribution in [0.2, 0.25) is 0 Å². The van der Waals surface area contributed by atoms with Crippen LogP contribution in [0.15, 0.2) is 46.9 Å². The second kappa shape index (κ2) is 7.54. The molecule has 5 heteroatoms. The second-order valence-electron chi connectivity index (χ2n) is 4.66. The Morgan fingerprint density at radius 2 is 1.95 bits per heavy atom. The minimum Gasteiger partial charge on any atom is -0.494 e. The molecule has 112 valence electrons. The van der Waals surface area contributed by atoms with Crippen LogP contribution in [0.25, 0.3) is 0 Å². The third-order valence-electron chi connectivity index (χ3n) is 3.15. The van der Waals surface area contributed by atoms with Crippen LogP contribution in [0.5, 0.6) is 5.75 Å². The molecule has 0 fully saturated rings. The molecule has 2 rings (SSSR count). The number of rotatable bonds is 6. The highest BCUT2D eigenvalue weighted by atomic mass is 79.9. The standard InChI is InChI=1S/C16H18BrFN2O/c1-2-10-21-12-8-6-11(7-9-12)16(20-19)13-4-3-5-14(18)15(13)17/h3-9,16,20H,2,10,19H2,1H3. The summed E-state index contributed by atoms with van der Waals surface area (Å²) in [5.41, 5.74) is 4.42. The molecule has 0 saturated heterocycles. The molecule has 0 heterocycles. The van der Waals surface area contributed by atoms with Gasteiger partial charge in [0.25, 0.3) is 0 Å². The van der Waals surface area contributed by atoms with Crippen LogP contribution in [-0.4, -0.2) is 6.61 Å². The van der Waals surface area contributed by atoms with E-state index in [-0.39, 0.29) is 11.9 Å². The van der Waals surface area contributed by atoms with E-state index in [0.717, 1.165) is 23.3 Å². The Hall–Kier alpha value is -1.43. The maximum Gasteiger partial charge on any atom is 0.137 e. The predicted molar refractivity (Wildman–Crippen MR) is 85.5 cm³/mol. The molecule has 2 aromatic rings. The first-order valence-corrected chi connectivity index (χ1v) is 7.59. The van der Waals surface area contributed by atoms with Gasteiger partial charge in [-0.2, -0.15) is 0 Å². The highest BCUT2D eigenvalue weighted by Gasteiger charge is 2.17. The molecule has 0 radical (unpaired) electrons. The van der Waals surface area contributed by atoms with Crippen LogP contribution >= 0.6 is 15.9 Å². The molecule has 3 nitrogen and oxygen atoms in total. The fourth-order valence-corrected chi connectivity index (χ4v) is 2.58. The van der Waals surface area contributed by atoms with E-state index in [0.29, 0.717) is 11.1 Å². The van der Waals surface area contributed by atoms with E-state index < -0.39 is 0 Å². The Morgan fingerprint density at radius 3 is 2.57 bits per heavy atom. The van der Waals surface area contributed by atoms with Gasteiger partial charge in [-0.25, -0.2) is 9.82 Å². The number of nitrogens with two attached hydrogens (primary N) is 1. The number of benzene rings is 2. The van der Waals surface area contributed by atoms with Gasteiger partial charge in [0, 0.05) is 0 Å². The Morgan fingerprint density at radius 1 is 1.24 bits per heavy atom. The zero-order chi connectivity index (χ0) is 15.2. The fourth-order valence-electron chi connectivity index (χ4n) is 2.09. The van der Waals surface area contributed by atoms with Gasteiger partial charge in [-0.3, -0.25) is 5.84 Å². The maximum absolute atomic E-state index is 13.7. The van der Waals surface area contributed by atoms with Crippen LogP contribution in [0.1, 0.15) is 30.5 Å². The van der Waals surface area contributed by atoms with E-state index >= 15 is 0 Å². The Labute approximate surface area is 132 Å². The first-order valence-electron chi connectivity index (χ1n) is 6.80. The van der Waals surface area contributed by atoms with Crippen molar-refractivity contribution >= 4 is 15.9 Å². The Kier molecular flexibility index (Phi) is 5.73. The van der Waals surface area contributed by atoms with Crippen LogP contribution < -0.4 is 16.0 Å². The summed E-state index contributed by atoms with van der Waals surface area (Å²) >= 11 is 3.27. The van der Waals surface area contributed by atoms with E-state index in [9.17, 15) is 4.39 Å². The first-order chi connectivity index (χ1) is 10.2. The number of hydrogen-bond acceptors (Lipinski definition) is 3. The van der Waals surface area contributed by atoms with Gasteiger partial charge in [0.1, 0.15) is 11.6 Å². The number of hydrazine groups is 1. The van der Waals surface area contributed by atoms with E-state index in [4.69, 9.17) is 10.6 Å². The van der Waals surface area contributed by atoms with Gasteiger partial charge >= 0.3 is 0 Å². The van der Waals surface area contributed by atoms with Gasteiger partial charge in [0.15, 0.2) is 0 Å². The SMILES string of the molecule is CCCOc1ccc(C(NN)c2cccc(F)c2Br)cc1. The van der Waals surface area contributed by atoms with E-state index in [2.05, 4.69) is 28.3 Å². The summed E-state index contributed by atoms with van der Waals surface area (Å²) in [6.45, 7) is 2.75. The van der Waals surface area contributed by atoms with Crippen molar-refractivity contribution in [3.05, 3.63) is 63.9 Å². The lowest BCUT2D eigenvalue weighted by Crippen LogP contribution is -2.29. The molecule has 2 aromatic carbocycles. The number of hydrogen-bond donors (Lipinski definition) is 2. The van der Waals surface area contributed by atoms with Gasteiger partial charge in [-0.15, -0.1) is 0 Å². The second-order valence-corrected chi connectivity index (χ2v) is 5.45. The minimum absolute atomic E-state index is 0.296. The summed E-state index contributed by atoms with van der Waals surface area (Å²) in [5, 5.41) is 0. The molecule has 21 heavy (non-hydrogen) atoms. The molecule has 0 aliphatic rings. The highest BCUT2D eigenvalue weighted by molar-refractivity contribution is 9.10. The number of nitrogens with one attached hydrogen (secondary N) is 1. The zero-order valence-electron chi connectivity index (χ0n) is 11.8. The van der Waals surface area contributed by atoms with Crippen molar-refractivity contribution in [1.29, 1.82) is 0 Å². The molecule has 0 saturated carbocycles. The largest absolute Gasteiger partial charge is 0.494 e. The van der Waals surface area contributed by atoms with Crippen molar-refractivity contribution < 1.29 is 9.13 Å². The Bertz CT molecular complexity index is 589. The van der Waals surface area contributed by atoms with Crippen molar-refractivity contribution in [1.82, 2.24) is 5.43 Å². The average Bonchev–Trinajstić information content (AvgIpc) is 2.51. The van der Waals surface area contributed by atoms with Gasteiger partial charge in [-0.05, 0) is 51.7 Å². The lowest BCUT2D eigenvalue weighted by molar-refractivity contribution is 0.317. The molecular weight excluding hydrogens is 335 g/mol. The van der Waals surface area contributed by atoms with Crippen LogP contribution in [-0.2, 0) is 0 Å². The van der Waals surface area contributed by atoms with Crippen molar-refractivity contribution in [2.45, 2.75) is 19.4 Å². The van der Waals surface area contributed by atoms with Crippen LogP contribution in [0, 0.1) is 5.82 Å². The molecule has 3 N–H and O–H groups in total. The van der Waals surface area contributed by atoms with Gasteiger partial charge in [0.2, 0.25) is 0 Å². The average molecular weight is 353 g/mol. The maximum atomic E-state index is 13.7. The lowest BCUT2D eigenvalue weighted by atomic mass is 9.99. The summed E-state index contributed by atoms with van der Waals surface area (Å²) < 4.78 is 19.6. The monoisotopic (exact) mass is 352 g/mol. The van der Waals surface area contributed by atoms with Gasteiger partial charge in [-0.1, -0.05) is 31.2 Å². The molecule has 0 bridgehead atoms. The molecular formula is C16H18BrFN2O. The van der Waals surface area contributed by atoms with E-state index in [1.165, 1.54) is 6.07 Å². The van der Waals surface area contributed by atoms with Gasteiger partial charge < -0.3 is 4.74 Å². The predicted octanol–water partition coefficient (Wildman–Crippen LogP) is 3.93. The molecule has 1 atom stereocenters. The summed E-state index contributed by atoms with van der Waals surface area (Å²) in [4.78, 5) is 0. The van der Waals surface area contributed by atoms with Crippen LogP contribution in [0.4, 0.5) is 4.39 Å². The summed E-state index contributed by atoms with van der Waals surface area (Å²) in [6.07, 6.45) is 0.963. The van der Waals surface area contributed by atoms with E-state index in [1.54, 1.807) is 6.07 Å². The first kappa shape index (κ1) is 15.9. The van der Waals surface area contributed by atoms with Crippen molar-refractivity contribution in [2.24, 2.45) is 5.84 Å². The smallest absolute Gasteiger partial charge is 0.137 e. The number of halogens is 2. The van der Waals surface area contributed by atoms with Crippen molar-refractivity contribution in [3.8, 4) is 5.75 Å². The summed E-state index contributed by atoms with van der Waals surface area (Å²) in [6, 6.07) is 12.2. The molecule has 0 amide bonds. The molecule has 0 aliphatic heterocycles. The van der Waals surface area contributed by atoms with E-state index in [1.807, 2.05) is 30.3 Å². The third-order valence-corrected chi connectivity index (χ3v) is 3.98. The summed E-state index contributed by atoms with van der Waals surface area (Å²) in [7, 11) is 0.